The number of aromatic nitrogens is 1. The minimum absolute atomic E-state index is 0.0586. The zero-order chi connectivity index (χ0) is 19.4. The summed E-state index contributed by atoms with van der Waals surface area (Å²) >= 11 is 16.8. The van der Waals surface area contributed by atoms with Gasteiger partial charge in [-0.05, 0) is 47.9 Å². The van der Waals surface area contributed by atoms with Crippen molar-refractivity contribution in [3.05, 3.63) is 70.3 Å². The second-order valence-corrected chi connectivity index (χ2v) is 6.83. The molecule has 9 heteroatoms. The van der Waals surface area contributed by atoms with Crippen molar-refractivity contribution in [2.24, 2.45) is 0 Å². The summed E-state index contributed by atoms with van der Waals surface area (Å²) in [6.07, 6.45) is 1.83. The van der Waals surface area contributed by atoms with Gasteiger partial charge >= 0.3 is 0 Å². The molecule has 1 aromatic heterocycles. The minimum atomic E-state index is -0.514. The van der Waals surface area contributed by atoms with E-state index < -0.39 is 5.91 Å². The highest BCUT2D eigenvalue weighted by Gasteiger charge is 2.13. The van der Waals surface area contributed by atoms with E-state index in [4.69, 9.17) is 35.4 Å². The lowest BCUT2D eigenvalue weighted by molar-refractivity contribution is -0.122. The Balaban J connectivity index is 1.52. The van der Waals surface area contributed by atoms with Gasteiger partial charge in [-0.2, -0.15) is 0 Å². The van der Waals surface area contributed by atoms with Crippen LogP contribution >= 0.6 is 35.4 Å². The number of para-hydroxylation sites is 1. The van der Waals surface area contributed by atoms with Crippen LogP contribution in [0.5, 0.6) is 0 Å². The summed E-state index contributed by atoms with van der Waals surface area (Å²) in [4.78, 5) is 24.3. The first kappa shape index (κ1) is 19.2. The van der Waals surface area contributed by atoms with Crippen LogP contribution in [0.3, 0.4) is 0 Å². The van der Waals surface area contributed by atoms with Crippen LogP contribution in [0.2, 0.25) is 10.0 Å². The highest BCUT2D eigenvalue weighted by atomic mass is 35.5. The van der Waals surface area contributed by atoms with E-state index in [0.29, 0.717) is 5.02 Å². The van der Waals surface area contributed by atoms with Crippen LogP contribution in [-0.4, -0.2) is 21.5 Å². The Morgan fingerprint density at radius 2 is 1.81 bits per heavy atom. The zero-order valence-corrected chi connectivity index (χ0v) is 16.2. The molecule has 1 heterocycles. The van der Waals surface area contributed by atoms with E-state index in [1.807, 2.05) is 41.1 Å². The van der Waals surface area contributed by atoms with Gasteiger partial charge in [-0.1, -0.05) is 41.4 Å². The number of halogens is 2. The van der Waals surface area contributed by atoms with E-state index in [9.17, 15) is 9.59 Å². The van der Waals surface area contributed by atoms with Crippen LogP contribution in [-0.2, 0) is 11.3 Å². The Hall–Kier alpha value is -2.61. The molecule has 0 fully saturated rings. The highest BCUT2D eigenvalue weighted by Crippen LogP contribution is 2.20. The van der Waals surface area contributed by atoms with E-state index >= 15 is 0 Å². The van der Waals surface area contributed by atoms with Crippen molar-refractivity contribution in [3.8, 4) is 0 Å². The molecule has 0 radical (unpaired) electrons. The second-order valence-electron chi connectivity index (χ2n) is 5.58. The van der Waals surface area contributed by atoms with Crippen molar-refractivity contribution >= 4 is 63.2 Å². The molecule has 3 rings (SSSR count). The third-order valence-corrected chi connectivity index (χ3v) is 4.46. The third-order valence-electron chi connectivity index (χ3n) is 3.71. The molecule has 3 N–H and O–H groups in total. The van der Waals surface area contributed by atoms with Gasteiger partial charge in [0.25, 0.3) is 11.8 Å². The summed E-state index contributed by atoms with van der Waals surface area (Å²) in [5.74, 6) is -0.836. The number of benzene rings is 2. The van der Waals surface area contributed by atoms with Gasteiger partial charge in [-0.25, -0.2) is 0 Å². The topological polar surface area (TPSA) is 75.2 Å². The molecule has 0 spiro atoms. The monoisotopic (exact) mass is 420 g/mol. The molecule has 0 aliphatic rings. The van der Waals surface area contributed by atoms with E-state index in [0.717, 1.165) is 10.9 Å². The van der Waals surface area contributed by atoms with Crippen LogP contribution in [0.25, 0.3) is 10.9 Å². The molecule has 2 aromatic carbocycles. The molecule has 0 unspecified atom stereocenters. The van der Waals surface area contributed by atoms with Crippen LogP contribution < -0.4 is 16.2 Å². The first-order chi connectivity index (χ1) is 12.9. The number of amides is 2. The molecule has 0 saturated heterocycles. The molecule has 0 bridgehead atoms. The summed E-state index contributed by atoms with van der Waals surface area (Å²) < 4.78 is 1.81. The fraction of sp³-hybridized carbons (Fsp3) is 0.0556. The standard InChI is InChI=1S/C18H14Cl2N4O2S/c19-12-5-6-13(14(20)9-12)17(26)21-18(27)23-22-16(25)10-24-8-7-11-3-1-2-4-15(11)24/h1-9H,10H2,(H,22,25)(H2,21,23,26,27). The van der Waals surface area contributed by atoms with E-state index in [-0.39, 0.29) is 28.2 Å². The number of nitrogens with zero attached hydrogens (tertiary/aromatic N) is 1. The summed E-state index contributed by atoms with van der Waals surface area (Å²) in [6, 6.07) is 14.1. The Bertz CT molecular complexity index is 1040. The van der Waals surface area contributed by atoms with Gasteiger partial charge in [0.1, 0.15) is 6.54 Å². The van der Waals surface area contributed by atoms with Gasteiger partial charge < -0.3 is 4.57 Å². The lowest BCUT2D eigenvalue weighted by Crippen LogP contribution is -2.49. The smallest absolute Gasteiger partial charge is 0.258 e. The van der Waals surface area contributed by atoms with Crippen LogP contribution in [0.15, 0.2) is 54.7 Å². The van der Waals surface area contributed by atoms with E-state index in [2.05, 4.69) is 16.2 Å². The maximum absolute atomic E-state index is 12.2. The molecule has 138 valence electrons. The number of nitrogens with one attached hydrogen (secondary N) is 3. The van der Waals surface area contributed by atoms with E-state index in [1.54, 1.807) is 6.07 Å². The predicted molar refractivity (Wildman–Crippen MR) is 110 cm³/mol. The number of carbonyl (C=O) groups is 2. The Labute approximate surface area is 170 Å². The fourth-order valence-corrected chi connectivity index (χ4v) is 3.11. The molecule has 0 saturated carbocycles. The fourth-order valence-electron chi connectivity index (χ4n) is 2.47. The zero-order valence-electron chi connectivity index (χ0n) is 13.8. The van der Waals surface area contributed by atoms with Crippen molar-refractivity contribution in [2.75, 3.05) is 0 Å². The van der Waals surface area contributed by atoms with Crippen molar-refractivity contribution in [2.45, 2.75) is 6.54 Å². The first-order valence-electron chi connectivity index (χ1n) is 7.83. The van der Waals surface area contributed by atoms with Gasteiger partial charge in [0.05, 0.1) is 10.6 Å². The van der Waals surface area contributed by atoms with Crippen molar-refractivity contribution in [1.29, 1.82) is 0 Å². The predicted octanol–water partition coefficient (Wildman–Crippen LogP) is 3.28. The maximum Gasteiger partial charge on any atom is 0.258 e. The Morgan fingerprint density at radius 3 is 2.59 bits per heavy atom. The van der Waals surface area contributed by atoms with E-state index in [1.165, 1.54) is 12.1 Å². The minimum Gasteiger partial charge on any atom is -0.338 e. The normalized spacial score (nSPS) is 10.4. The van der Waals surface area contributed by atoms with Gasteiger partial charge in [0.15, 0.2) is 5.11 Å². The van der Waals surface area contributed by atoms with Crippen LogP contribution in [0.1, 0.15) is 10.4 Å². The number of hydrogen-bond donors (Lipinski definition) is 3. The number of hydrogen-bond acceptors (Lipinski definition) is 3. The van der Waals surface area contributed by atoms with Gasteiger partial charge in [-0.3, -0.25) is 25.8 Å². The molecule has 2 amide bonds. The Kier molecular flexibility index (Phi) is 5.95. The van der Waals surface area contributed by atoms with Crippen LogP contribution in [0.4, 0.5) is 0 Å². The summed E-state index contributed by atoms with van der Waals surface area (Å²) in [7, 11) is 0. The van der Waals surface area contributed by atoms with Crippen molar-refractivity contribution in [3.63, 3.8) is 0 Å². The molecule has 27 heavy (non-hydrogen) atoms. The average Bonchev–Trinajstić information content (AvgIpc) is 3.03. The molecular weight excluding hydrogens is 407 g/mol. The van der Waals surface area contributed by atoms with Crippen molar-refractivity contribution < 1.29 is 9.59 Å². The molecule has 6 nitrogen and oxygen atoms in total. The molecule has 3 aromatic rings. The first-order valence-corrected chi connectivity index (χ1v) is 8.99. The van der Waals surface area contributed by atoms with Gasteiger partial charge in [0.2, 0.25) is 0 Å². The molecule has 0 aliphatic heterocycles. The Morgan fingerprint density at radius 1 is 1.04 bits per heavy atom. The van der Waals surface area contributed by atoms with Crippen molar-refractivity contribution in [1.82, 2.24) is 20.7 Å². The largest absolute Gasteiger partial charge is 0.338 e. The molecular formula is C18H14Cl2N4O2S. The molecule has 0 aliphatic carbocycles. The van der Waals surface area contributed by atoms with Crippen LogP contribution in [0, 0.1) is 0 Å². The average molecular weight is 421 g/mol. The lowest BCUT2D eigenvalue weighted by Gasteiger charge is -2.12. The number of thiocarbonyl (C=S) groups is 1. The number of carbonyl (C=O) groups excluding carboxylic acids is 2. The summed E-state index contributed by atoms with van der Waals surface area (Å²) in [6.45, 7) is 0.0973. The quantitative estimate of drug-likeness (QED) is 0.448. The summed E-state index contributed by atoms with van der Waals surface area (Å²) in [5.41, 5.74) is 6.10. The van der Waals surface area contributed by atoms with Gasteiger partial charge in [-0.15, -0.1) is 0 Å². The number of fused-ring (bicyclic) bond motifs is 1. The maximum atomic E-state index is 12.2. The number of rotatable bonds is 3. The lowest BCUT2D eigenvalue weighted by atomic mass is 10.2. The highest BCUT2D eigenvalue weighted by molar-refractivity contribution is 7.80. The molecule has 0 atom stereocenters. The third kappa shape index (κ3) is 4.77. The van der Waals surface area contributed by atoms with Gasteiger partial charge in [0, 0.05) is 16.7 Å². The second kappa shape index (κ2) is 8.39. The SMILES string of the molecule is O=C(Cn1ccc2ccccc21)NNC(=S)NC(=O)c1ccc(Cl)cc1Cl. The number of hydrazine groups is 1. The summed E-state index contributed by atoms with van der Waals surface area (Å²) in [5, 5.41) is 4.04.